The number of hydrazine groups is 1. The Kier molecular flexibility index (Phi) is 1.75. The molecule has 0 bridgehead atoms. The Morgan fingerprint density at radius 2 is 1.94 bits per heavy atom. The van der Waals surface area contributed by atoms with Crippen molar-refractivity contribution < 1.29 is 14.4 Å². The lowest BCUT2D eigenvalue weighted by Crippen LogP contribution is -2.47. The van der Waals surface area contributed by atoms with Gasteiger partial charge < -0.3 is 0 Å². The van der Waals surface area contributed by atoms with Crippen LogP contribution in [0.3, 0.4) is 0 Å². The van der Waals surface area contributed by atoms with Gasteiger partial charge in [-0.05, 0) is 24.7 Å². The minimum Gasteiger partial charge on any atom is -0.273 e. The van der Waals surface area contributed by atoms with Crippen LogP contribution in [0.25, 0.3) is 0 Å². The molecular weight excluding hydrogens is 208 g/mol. The van der Waals surface area contributed by atoms with Crippen molar-refractivity contribution in [1.29, 1.82) is 0 Å². The summed E-state index contributed by atoms with van der Waals surface area (Å²) in [4.78, 5) is 34.2. The second-order valence-electron chi connectivity index (χ2n) is 4.79. The highest BCUT2D eigenvalue weighted by atomic mass is 16.2. The summed E-state index contributed by atoms with van der Waals surface area (Å²) in [5.74, 6) is -1.13. The van der Waals surface area contributed by atoms with Crippen LogP contribution in [0, 0.1) is 11.3 Å². The van der Waals surface area contributed by atoms with Gasteiger partial charge in [0.05, 0.1) is 0 Å². The summed E-state index contributed by atoms with van der Waals surface area (Å²) < 4.78 is 0. The maximum atomic E-state index is 11.8. The monoisotopic (exact) mass is 220 g/mol. The molecule has 1 N–H and O–H groups in total. The number of hydrogen-bond donors (Lipinski definition) is 1. The van der Waals surface area contributed by atoms with E-state index in [0.29, 0.717) is 0 Å². The predicted molar refractivity (Wildman–Crippen MR) is 53.5 cm³/mol. The summed E-state index contributed by atoms with van der Waals surface area (Å²) in [5.41, 5.74) is 2.61. The summed E-state index contributed by atoms with van der Waals surface area (Å²) in [6, 6.07) is 0. The molecule has 3 rings (SSSR count). The van der Waals surface area contributed by atoms with E-state index >= 15 is 0 Å². The Labute approximate surface area is 92.4 Å². The lowest BCUT2D eigenvalue weighted by molar-refractivity contribution is -0.147. The number of nitrogens with zero attached hydrogens (tertiary/aromatic N) is 1. The molecule has 1 spiro atoms. The van der Waals surface area contributed by atoms with E-state index in [1.54, 1.807) is 0 Å². The van der Waals surface area contributed by atoms with Crippen LogP contribution < -0.4 is 5.43 Å². The van der Waals surface area contributed by atoms with Crippen molar-refractivity contribution in [2.75, 3.05) is 0 Å². The van der Waals surface area contributed by atoms with Crippen molar-refractivity contribution >= 4 is 17.7 Å². The zero-order valence-electron chi connectivity index (χ0n) is 8.73. The second kappa shape index (κ2) is 2.93. The van der Waals surface area contributed by atoms with Crippen LogP contribution in [0.2, 0.25) is 0 Å². The highest BCUT2D eigenvalue weighted by molar-refractivity contribution is 6.13. The molecule has 2 saturated carbocycles. The maximum absolute atomic E-state index is 11.8. The molecule has 0 aromatic rings. The molecule has 0 aromatic heterocycles. The number of amides is 3. The molecule has 1 atom stereocenters. The van der Waals surface area contributed by atoms with E-state index in [9.17, 15) is 14.4 Å². The van der Waals surface area contributed by atoms with Gasteiger partial charge in [-0.1, -0.05) is 6.42 Å². The van der Waals surface area contributed by atoms with Gasteiger partial charge >= 0.3 is 0 Å². The van der Waals surface area contributed by atoms with Gasteiger partial charge in [0, 0.05) is 18.1 Å². The number of rotatable bonds is 2. The van der Waals surface area contributed by atoms with Crippen molar-refractivity contribution in [3.63, 3.8) is 0 Å². The molecule has 84 valence electrons. The van der Waals surface area contributed by atoms with Crippen LogP contribution in [0.1, 0.15) is 25.7 Å². The average molecular weight is 220 g/mol. The van der Waals surface area contributed by atoms with Gasteiger partial charge in [-0.25, -0.2) is 0 Å². The van der Waals surface area contributed by atoms with Gasteiger partial charge in [0.15, 0.2) is 0 Å². The molecule has 2 fully saturated rings. The van der Waals surface area contributed by atoms with Crippen LogP contribution in [-0.2, 0) is 14.4 Å². The van der Waals surface area contributed by atoms with E-state index in [0.717, 1.165) is 36.4 Å². The first-order valence-corrected chi connectivity index (χ1v) is 5.49. The standard InChI is InChI=1S/C11H12N2O3/c14-8-2-3-9(15)13(8)12-10(16)7-6-11(7)4-1-5-11/h2-3,7H,1,4-6H2,(H,12,16). The van der Waals surface area contributed by atoms with Gasteiger partial charge in [-0.15, -0.1) is 0 Å². The summed E-state index contributed by atoms with van der Waals surface area (Å²) in [5, 5.41) is 0.785. The molecule has 0 aromatic carbocycles. The number of hydrogen-bond acceptors (Lipinski definition) is 3. The third-order valence-electron chi connectivity index (χ3n) is 3.89. The SMILES string of the molecule is O=C(NN1C(=O)C=CC1=O)C1CC12CCC2. The summed E-state index contributed by atoms with van der Waals surface area (Å²) in [7, 11) is 0. The number of carbonyl (C=O) groups is 3. The van der Waals surface area contributed by atoms with Crippen LogP contribution in [0.4, 0.5) is 0 Å². The Morgan fingerprint density at radius 3 is 2.38 bits per heavy atom. The molecule has 1 aliphatic heterocycles. The topological polar surface area (TPSA) is 66.5 Å². The van der Waals surface area contributed by atoms with Crippen LogP contribution >= 0.6 is 0 Å². The maximum Gasteiger partial charge on any atom is 0.272 e. The molecule has 1 unspecified atom stereocenters. The molecule has 0 radical (unpaired) electrons. The van der Waals surface area contributed by atoms with E-state index in [2.05, 4.69) is 5.43 Å². The number of nitrogens with one attached hydrogen (secondary N) is 1. The second-order valence-corrected chi connectivity index (χ2v) is 4.79. The zero-order valence-corrected chi connectivity index (χ0v) is 8.73. The highest BCUT2D eigenvalue weighted by Crippen LogP contribution is 2.65. The van der Waals surface area contributed by atoms with E-state index < -0.39 is 11.8 Å². The minimum absolute atomic E-state index is 0.00227. The van der Waals surface area contributed by atoms with E-state index in [1.807, 2.05) is 0 Å². The molecule has 1 heterocycles. The van der Waals surface area contributed by atoms with Gasteiger partial charge in [-0.3, -0.25) is 19.8 Å². The fourth-order valence-electron chi connectivity index (χ4n) is 2.60. The van der Waals surface area contributed by atoms with Crippen molar-refractivity contribution in [3.05, 3.63) is 12.2 Å². The summed E-state index contributed by atoms with van der Waals surface area (Å²) in [6.45, 7) is 0. The van der Waals surface area contributed by atoms with Crippen molar-refractivity contribution in [2.24, 2.45) is 11.3 Å². The minimum atomic E-state index is -0.471. The first kappa shape index (κ1) is 9.57. The van der Waals surface area contributed by atoms with Crippen molar-refractivity contribution in [1.82, 2.24) is 10.4 Å². The molecule has 5 nitrogen and oxygen atoms in total. The van der Waals surface area contributed by atoms with Crippen LogP contribution in [-0.4, -0.2) is 22.7 Å². The third-order valence-corrected chi connectivity index (χ3v) is 3.89. The summed E-state index contributed by atoms with van der Waals surface area (Å²) >= 11 is 0. The number of carbonyl (C=O) groups excluding carboxylic acids is 3. The third kappa shape index (κ3) is 1.20. The molecular formula is C11H12N2O3. The Morgan fingerprint density at radius 1 is 1.31 bits per heavy atom. The van der Waals surface area contributed by atoms with E-state index in [1.165, 1.54) is 6.42 Å². The lowest BCUT2D eigenvalue weighted by atomic mass is 9.80. The van der Waals surface area contributed by atoms with Crippen LogP contribution in [0.15, 0.2) is 12.2 Å². The smallest absolute Gasteiger partial charge is 0.272 e. The van der Waals surface area contributed by atoms with E-state index in [4.69, 9.17) is 0 Å². The fourth-order valence-corrected chi connectivity index (χ4v) is 2.60. The van der Waals surface area contributed by atoms with Gasteiger partial charge in [-0.2, -0.15) is 5.01 Å². The summed E-state index contributed by atoms with van der Waals surface area (Å²) in [6.07, 6.45) is 6.62. The van der Waals surface area contributed by atoms with Gasteiger partial charge in [0.2, 0.25) is 5.91 Å². The van der Waals surface area contributed by atoms with E-state index in [-0.39, 0.29) is 17.2 Å². The lowest BCUT2D eigenvalue weighted by Gasteiger charge is -2.26. The molecule has 16 heavy (non-hydrogen) atoms. The van der Waals surface area contributed by atoms with Crippen LogP contribution in [0.5, 0.6) is 0 Å². The van der Waals surface area contributed by atoms with Crippen molar-refractivity contribution in [2.45, 2.75) is 25.7 Å². The van der Waals surface area contributed by atoms with Crippen molar-refractivity contribution in [3.8, 4) is 0 Å². The normalized spacial score (nSPS) is 29.5. The molecule has 3 amide bonds. The highest BCUT2D eigenvalue weighted by Gasteiger charge is 2.61. The average Bonchev–Trinajstić information content (AvgIpc) is 2.90. The first-order chi connectivity index (χ1) is 7.62. The number of imide groups is 1. The quantitative estimate of drug-likeness (QED) is 0.673. The zero-order chi connectivity index (χ0) is 11.3. The molecule has 3 aliphatic rings. The molecule has 0 saturated heterocycles. The fraction of sp³-hybridized carbons (Fsp3) is 0.545. The largest absolute Gasteiger partial charge is 0.273 e. The Hall–Kier alpha value is -1.65. The predicted octanol–water partition coefficient (Wildman–Crippen LogP) is 0.133. The Bertz CT molecular complexity index is 405. The first-order valence-electron chi connectivity index (χ1n) is 5.49. The van der Waals surface area contributed by atoms with Gasteiger partial charge in [0.1, 0.15) is 0 Å². The van der Waals surface area contributed by atoms with Gasteiger partial charge in [0.25, 0.3) is 11.8 Å². The molecule has 5 heteroatoms. The Balaban J connectivity index is 1.61. The molecule has 2 aliphatic carbocycles.